The van der Waals surface area contributed by atoms with Gasteiger partial charge in [0, 0.05) is 5.56 Å². The van der Waals surface area contributed by atoms with Crippen LogP contribution in [-0.2, 0) is 17.2 Å². The van der Waals surface area contributed by atoms with Crippen LogP contribution in [0.15, 0.2) is 12.3 Å². The van der Waals surface area contributed by atoms with E-state index in [1.165, 1.54) is 0 Å². The molecule has 2 aromatic rings. The molecule has 0 amide bonds. The third-order valence-corrected chi connectivity index (χ3v) is 10.1. The number of hydrogen-bond acceptors (Lipinski definition) is 4. The highest BCUT2D eigenvalue weighted by atomic mass is 35.5. The Balaban J connectivity index is 2.43. The summed E-state index contributed by atoms with van der Waals surface area (Å²) in [5, 5.41) is -0.0449. The van der Waals surface area contributed by atoms with Gasteiger partial charge < -0.3 is 4.43 Å². The van der Waals surface area contributed by atoms with Gasteiger partial charge in [-0.2, -0.15) is 13.2 Å². The number of nitrogens with zero attached hydrogens (tertiary/aromatic N) is 2. The number of aromatic nitrogens is 2. The first-order chi connectivity index (χ1) is 11.7. The lowest BCUT2D eigenvalue weighted by molar-refractivity contribution is -0.140. The molecule has 144 valence electrons. The average molecular weight is 427 g/mol. The molecule has 0 saturated heterocycles. The largest absolute Gasteiger partial charge is 0.434 e. The fraction of sp³-hybridized carbons (Fsp3) is 0.500. The molecule has 0 N–H and O–H groups in total. The lowest BCUT2D eigenvalue weighted by atomic mass is 10.2. The molecule has 0 radical (unpaired) electrons. The van der Waals surface area contributed by atoms with Gasteiger partial charge in [-0.05, 0) is 24.2 Å². The molecule has 10 heteroatoms. The molecule has 2 rings (SSSR count). The molecule has 0 atom stereocenters. The van der Waals surface area contributed by atoms with Crippen molar-refractivity contribution in [3.8, 4) is 10.4 Å². The zero-order valence-corrected chi connectivity index (χ0v) is 17.5. The third kappa shape index (κ3) is 4.62. The van der Waals surface area contributed by atoms with Gasteiger partial charge >= 0.3 is 6.18 Å². The molecule has 26 heavy (non-hydrogen) atoms. The van der Waals surface area contributed by atoms with Crippen LogP contribution < -0.4 is 0 Å². The van der Waals surface area contributed by atoms with Gasteiger partial charge in [0.1, 0.15) is 16.0 Å². The van der Waals surface area contributed by atoms with Crippen molar-refractivity contribution in [1.29, 1.82) is 0 Å². The third-order valence-electron chi connectivity index (χ3n) is 4.37. The van der Waals surface area contributed by atoms with Gasteiger partial charge in [0.2, 0.25) is 0 Å². The molecule has 0 unspecified atom stereocenters. The number of pyridine rings is 1. The van der Waals surface area contributed by atoms with Crippen molar-refractivity contribution in [3.63, 3.8) is 0 Å². The van der Waals surface area contributed by atoms with Crippen LogP contribution in [-0.4, -0.2) is 18.3 Å². The first kappa shape index (κ1) is 21.3. The van der Waals surface area contributed by atoms with E-state index >= 15 is 0 Å². The van der Waals surface area contributed by atoms with E-state index < -0.39 is 26.0 Å². The molecule has 0 spiro atoms. The quantitative estimate of drug-likeness (QED) is 0.316. The molecule has 0 bridgehead atoms. The molecule has 0 aliphatic heterocycles. The first-order valence-electron chi connectivity index (χ1n) is 7.74. The van der Waals surface area contributed by atoms with E-state index in [1.54, 1.807) is 0 Å². The van der Waals surface area contributed by atoms with Crippen molar-refractivity contribution in [1.82, 2.24) is 9.97 Å². The topological polar surface area (TPSA) is 35.0 Å². The zero-order valence-electron chi connectivity index (χ0n) is 15.0. The summed E-state index contributed by atoms with van der Waals surface area (Å²) in [5.41, 5.74) is -1.41. The minimum Gasteiger partial charge on any atom is -0.410 e. The molecule has 0 aliphatic carbocycles. The van der Waals surface area contributed by atoms with Gasteiger partial charge in [-0.1, -0.05) is 32.4 Å². The summed E-state index contributed by atoms with van der Waals surface area (Å²) in [6.07, 6.45) is -3.92. The summed E-state index contributed by atoms with van der Waals surface area (Å²) in [5.74, 6) is -0.889. The minimum atomic E-state index is -4.72. The number of thiazole rings is 1. The Hall–Kier alpha value is -1.03. The molecule has 0 aliphatic rings. The second-order valence-corrected chi connectivity index (χ2v) is 13.6. The summed E-state index contributed by atoms with van der Waals surface area (Å²) in [4.78, 5) is 6.88. The molecule has 2 aromatic heterocycles. The Morgan fingerprint density at radius 3 is 2.38 bits per heavy atom. The lowest BCUT2D eigenvalue weighted by Gasteiger charge is -2.35. The van der Waals surface area contributed by atoms with Crippen LogP contribution in [0, 0.1) is 5.82 Å². The summed E-state index contributed by atoms with van der Waals surface area (Å²) >= 11 is 6.47. The Morgan fingerprint density at radius 2 is 1.85 bits per heavy atom. The molecule has 2 heterocycles. The van der Waals surface area contributed by atoms with Crippen LogP contribution in [0.5, 0.6) is 0 Å². The second-order valence-electron chi connectivity index (χ2n) is 7.32. The molecular formula is C16H19ClF4N2OSSi. The maximum atomic E-state index is 14.0. The van der Waals surface area contributed by atoms with E-state index in [1.807, 2.05) is 33.9 Å². The smallest absolute Gasteiger partial charge is 0.410 e. The molecule has 0 fully saturated rings. The van der Waals surface area contributed by atoms with Crippen LogP contribution in [0.25, 0.3) is 10.4 Å². The molecular weight excluding hydrogens is 408 g/mol. The van der Waals surface area contributed by atoms with E-state index in [4.69, 9.17) is 16.0 Å². The highest BCUT2D eigenvalue weighted by molar-refractivity contribution is 7.15. The first-order valence-corrected chi connectivity index (χ1v) is 11.8. The van der Waals surface area contributed by atoms with Gasteiger partial charge in [0.05, 0.1) is 17.7 Å². The molecule has 0 aromatic carbocycles. The Morgan fingerprint density at radius 1 is 1.23 bits per heavy atom. The van der Waals surface area contributed by atoms with E-state index in [9.17, 15) is 17.6 Å². The SMILES string of the molecule is CC(C)(C)[Si](C)(C)OCc1nc(C(F)(F)F)c(-c2cc(Cl)ncc2F)s1. The standard InChI is InChI=1S/C16H19ClF4N2OSSi/c1-15(2,3)26(4,5)24-8-12-23-14(16(19,20)21)13(25-12)9-6-11(17)22-7-10(9)18/h6-7H,8H2,1-5H3. The van der Waals surface area contributed by atoms with Crippen LogP contribution in [0.2, 0.25) is 23.3 Å². The average Bonchev–Trinajstić information content (AvgIpc) is 2.91. The van der Waals surface area contributed by atoms with Gasteiger partial charge in [-0.3, -0.25) is 0 Å². The highest BCUT2D eigenvalue weighted by Crippen LogP contribution is 2.42. The van der Waals surface area contributed by atoms with E-state index in [0.717, 1.165) is 23.6 Å². The number of hydrogen-bond donors (Lipinski definition) is 0. The number of rotatable bonds is 4. The van der Waals surface area contributed by atoms with Crippen LogP contribution in [0.1, 0.15) is 31.5 Å². The zero-order chi connectivity index (χ0) is 19.9. The highest BCUT2D eigenvalue weighted by Gasteiger charge is 2.40. The number of alkyl halides is 3. The number of halogens is 5. The maximum absolute atomic E-state index is 14.0. The monoisotopic (exact) mass is 426 g/mol. The van der Waals surface area contributed by atoms with Crippen molar-refractivity contribution in [2.75, 3.05) is 0 Å². The summed E-state index contributed by atoms with van der Waals surface area (Å²) in [7, 11) is -2.16. The van der Waals surface area contributed by atoms with E-state index in [2.05, 4.69) is 9.97 Å². The van der Waals surface area contributed by atoms with Gasteiger partial charge in [0.25, 0.3) is 0 Å². The summed E-state index contributed by atoms with van der Waals surface area (Å²) in [6, 6.07) is 1.07. The van der Waals surface area contributed by atoms with Crippen molar-refractivity contribution in [2.24, 2.45) is 0 Å². The van der Waals surface area contributed by atoms with Crippen molar-refractivity contribution >= 4 is 31.3 Å². The summed E-state index contributed by atoms with van der Waals surface area (Å²) in [6.45, 7) is 10.0. The van der Waals surface area contributed by atoms with Crippen LogP contribution in [0.4, 0.5) is 17.6 Å². The van der Waals surface area contributed by atoms with Crippen LogP contribution in [0.3, 0.4) is 0 Å². The predicted octanol–water partition coefficient (Wildman–Crippen LogP) is 6.54. The maximum Gasteiger partial charge on any atom is 0.434 e. The fourth-order valence-electron chi connectivity index (χ4n) is 1.85. The van der Waals surface area contributed by atoms with Gasteiger partial charge in [-0.15, -0.1) is 11.3 Å². The van der Waals surface area contributed by atoms with E-state index in [0.29, 0.717) is 0 Å². The fourth-order valence-corrected chi connectivity index (χ4v) is 4.05. The second kappa shape index (κ2) is 7.18. The molecule has 3 nitrogen and oxygen atoms in total. The van der Waals surface area contributed by atoms with E-state index in [-0.39, 0.29) is 32.2 Å². The Bertz CT molecular complexity index is 803. The minimum absolute atomic E-state index is 0.0509. The van der Waals surface area contributed by atoms with Crippen molar-refractivity contribution in [2.45, 2.75) is 51.7 Å². The lowest BCUT2D eigenvalue weighted by Crippen LogP contribution is -2.40. The van der Waals surface area contributed by atoms with Gasteiger partial charge in [0.15, 0.2) is 14.0 Å². The summed E-state index contributed by atoms with van der Waals surface area (Å²) < 4.78 is 60.1. The van der Waals surface area contributed by atoms with Crippen LogP contribution >= 0.6 is 22.9 Å². The predicted molar refractivity (Wildman–Crippen MR) is 97.3 cm³/mol. The van der Waals surface area contributed by atoms with Gasteiger partial charge in [-0.25, -0.2) is 14.4 Å². The Labute approximate surface area is 159 Å². The van der Waals surface area contributed by atoms with Crippen molar-refractivity contribution < 1.29 is 22.0 Å². The Kier molecular flexibility index (Phi) is 5.87. The normalized spacial score (nSPS) is 13.3. The molecule has 0 saturated carbocycles. The van der Waals surface area contributed by atoms with Crippen molar-refractivity contribution in [3.05, 3.63) is 33.9 Å².